The van der Waals surface area contributed by atoms with Gasteiger partial charge in [0.25, 0.3) is 5.91 Å². The highest BCUT2D eigenvalue weighted by Gasteiger charge is 2.23. The van der Waals surface area contributed by atoms with Crippen LogP contribution in [0.15, 0.2) is 58.4 Å². The van der Waals surface area contributed by atoms with Crippen LogP contribution in [0.25, 0.3) is 11.0 Å². The van der Waals surface area contributed by atoms with Crippen LogP contribution in [0.4, 0.5) is 8.78 Å². The lowest BCUT2D eigenvalue weighted by Crippen LogP contribution is -2.27. The third-order valence-corrected chi connectivity index (χ3v) is 5.33. The van der Waals surface area contributed by atoms with Gasteiger partial charge in [-0.1, -0.05) is 36.0 Å². The molecule has 2 N–H and O–H groups in total. The van der Waals surface area contributed by atoms with Crippen LogP contribution in [0, 0.1) is 11.6 Å². The molecule has 0 radical (unpaired) electrons. The molecular weight excluding hydrogens is 398 g/mol. The van der Waals surface area contributed by atoms with Crippen molar-refractivity contribution in [2.45, 2.75) is 23.9 Å². The largest absolute Gasteiger partial charge is 0.451 e. The summed E-state index contributed by atoms with van der Waals surface area (Å²) >= 11 is 1.38. The summed E-state index contributed by atoms with van der Waals surface area (Å²) in [5.74, 6) is -1.30. The number of aromatic nitrogens is 3. The number of halogens is 2. The summed E-state index contributed by atoms with van der Waals surface area (Å²) in [5.41, 5.74) is 1.46. The molecular formula is C20H16F2N4O2S. The predicted octanol–water partition coefficient (Wildman–Crippen LogP) is 4.61. The molecule has 4 rings (SSSR count). The average molecular weight is 414 g/mol. The second kappa shape index (κ2) is 8.04. The van der Waals surface area contributed by atoms with Gasteiger partial charge in [-0.2, -0.15) is 5.10 Å². The Morgan fingerprint density at radius 2 is 2.10 bits per heavy atom. The normalized spacial score (nSPS) is 12.2. The quantitative estimate of drug-likeness (QED) is 0.450. The van der Waals surface area contributed by atoms with Crippen molar-refractivity contribution >= 4 is 28.6 Å². The third kappa shape index (κ3) is 4.00. The Kier molecular flexibility index (Phi) is 5.30. The molecule has 0 fully saturated rings. The molecule has 9 heteroatoms. The number of thioether (sulfide) groups is 1. The molecule has 2 aromatic carbocycles. The highest BCUT2D eigenvalue weighted by Crippen LogP contribution is 2.31. The maximum Gasteiger partial charge on any atom is 0.287 e. The van der Waals surface area contributed by atoms with E-state index < -0.39 is 23.6 Å². The molecule has 0 bridgehead atoms. The van der Waals surface area contributed by atoms with Gasteiger partial charge in [0.05, 0.1) is 6.04 Å². The second-order valence-corrected chi connectivity index (χ2v) is 7.31. The zero-order valence-corrected chi connectivity index (χ0v) is 16.1. The van der Waals surface area contributed by atoms with Crippen LogP contribution >= 0.6 is 11.8 Å². The van der Waals surface area contributed by atoms with Crippen LogP contribution in [-0.4, -0.2) is 21.1 Å². The fourth-order valence-electron chi connectivity index (χ4n) is 3.02. The van der Waals surface area contributed by atoms with Gasteiger partial charge in [-0.05, 0) is 19.1 Å². The average Bonchev–Trinajstić information content (AvgIpc) is 3.33. The number of para-hydroxylation sites is 1. The van der Waals surface area contributed by atoms with E-state index in [1.54, 1.807) is 13.0 Å². The van der Waals surface area contributed by atoms with Crippen LogP contribution < -0.4 is 5.32 Å². The number of hydrogen-bond acceptors (Lipinski definition) is 5. The Morgan fingerprint density at radius 3 is 2.86 bits per heavy atom. The number of aromatic amines is 1. The Hall–Kier alpha value is -3.20. The highest BCUT2D eigenvalue weighted by molar-refractivity contribution is 7.98. The topological polar surface area (TPSA) is 83.8 Å². The van der Waals surface area contributed by atoms with Gasteiger partial charge >= 0.3 is 0 Å². The number of nitrogens with one attached hydrogen (secondary N) is 2. The van der Waals surface area contributed by atoms with Gasteiger partial charge in [0, 0.05) is 28.3 Å². The van der Waals surface area contributed by atoms with Crippen LogP contribution in [0.2, 0.25) is 0 Å². The summed E-state index contributed by atoms with van der Waals surface area (Å²) in [6.07, 6.45) is 1.41. The van der Waals surface area contributed by atoms with E-state index in [1.165, 1.54) is 24.2 Å². The molecule has 4 aromatic rings. The first-order valence-electron chi connectivity index (χ1n) is 8.77. The Bertz CT molecular complexity index is 1160. The van der Waals surface area contributed by atoms with Gasteiger partial charge in [0.15, 0.2) is 10.9 Å². The molecule has 0 unspecified atom stereocenters. The molecule has 0 aliphatic heterocycles. The van der Waals surface area contributed by atoms with Gasteiger partial charge in [0.1, 0.15) is 23.5 Å². The SMILES string of the molecule is C[C@@H](NC(=O)c1oc2ccccc2c1CSc1ncn[nH]1)c1ccc(F)cc1F. The molecule has 2 heterocycles. The number of rotatable bonds is 6. The summed E-state index contributed by atoms with van der Waals surface area (Å²) in [6, 6.07) is 9.91. The lowest BCUT2D eigenvalue weighted by molar-refractivity contribution is 0.0912. The Labute approximate surface area is 168 Å². The number of benzene rings is 2. The molecule has 0 spiro atoms. The molecule has 0 saturated carbocycles. The monoisotopic (exact) mass is 414 g/mol. The first-order chi connectivity index (χ1) is 14.0. The minimum absolute atomic E-state index is 0.146. The van der Waals surface area contributed by atoms with E-state index in [2.05, 4.69) is 20.5 Å². The molecule has 0 saturated heterocycles. The third-order valence-electron chi connectivity index (χ3n) is 4.43. The van der Waals surface area contributed by atoms with E-state index in [0.29, 0.717) is 22.1 Å². The maximum atomic E-state index is 14.0. The summed E-state index contributed by atoms with van der Waals surface area (Å²) in [6.45, 7) is 1.62. The lowest BCUT2D eigenvalue weighted by Gasteiger charge is -2.15. The molecule has 0 aliphatic carbocycles. The van der Waals surface area contributed by atoms with Gasteiger partial charge in [-0.25, -0.2) is 13.8 Å². The van der Waals surface area contributed by atoms with E-state index in [0.717, 1.165) is 17.5 Å². The lowest BCUT2D eigenvalue weighted by atomic mass is 10.1. The molecule has 148 valence electrons. The van der Waals surface area contributed by atoms with Crippen molar-refractivity contribution in [2.24, 2.45) is 0 Å². The van der Waals surface area contributed by atoms with Crippen LogP contribution in [0.3, 0.4) is 0 Å². The molecule has 1 amide bonds. The second-order valence-electron chi connectivity index (χ2n) is 6.35. The number of carbonyl (C=O) groups is 1. The van der Waals surface area contributed by atoms with Crippen LogP contribution in [-0.2, 0) is 5.75 Å². The summed E-state index contributed by atoms with van der Waals surface area (Å²) < 4.78 is 33.0. The summed E-state index contributed by atoms with van der Waals surface area (Å²) in [5, 5.41) is 10.7. The standard InChI is InChI=1S/C20H16F2N4O2S/c1-11(13-7-6-12(21)8-16(13)22)25-19(27)18-15(9-29-20-23-10-24-26-20)14-4-2-3-5-17(14)28-18/h2-8,10-11H,9H2,1H3,(H,25,27)(H,23,24,26)/t11-/m1/s1. The maximum absolute atomic E-state index is 14.0. The minimum Gasteiger partial charge on any atom is -0.451 e. The predicted molar refractivity (Wildman–Crippen MR) is 104 cm³/mol. The fraction of sp³-hybridized carbons (Fsp3) is 0.150. The number of H-pyrrole nitrogens is 1. The first kappa shape index (κ1) is 19.1. The number of nitrogens with zero attached hydrogens (tertiary/aromatic N) is 2. The molecule has 1 atom stereocenters. The van der Waals surface area contributed by atoms with E-state index in [4.69, 9.17) is 4.42 Å². The van der Waals surface area contributed by atoms with Crippen molar-refractivity contribution in [3.8, 4) is 0 Å². The van der Waals surface area contributed by atoms with E-state index in [-0.39, 0.29) is 11.3 Å². The van der Waals surface area contributed by atoms with Gasteiger partial charge in [0.2, 0.25) is 0 Å². The van der Waals surface area contributed by atoms with E-state index in [9.17, 15) is 13.6 Å². The summed E-state index contributed by atoms with van der Waals surface area (Å²) in [7, 11) is 0. The number of carbonyl (C=O) groups excluding carboxylic acids is 1. The number of amides is 1. The molecule has 2 aromatic heterocycles. The van der Waals surface area contributed by atoms with E-state index in [1.807, 2.05) is 18.2 Å². The zero-order valence-electron chi connectivity index (χ0n) is 15.3. The van der Waals surface area contributed by atoms with Crippen molar-refractivity contribution in [2.75, 3.05) is 0 Å². The zero-order chi connectivity index (χ0) is 20.4. The van der Waals surface area contributed by atoms with Crippen molar-refractivity contribution in [1.29, 1.82) is 0 Å². The van der Waals surface area contributed by atoms with Gasteiger partial charge < -0.3 is 9.73 Å². The van der Waals surface area contributed by atoms with Crippen molar-refractivity contribution in [3.63, 3.8) is 0 Å². The van der Waals surface area contributed by atoms with Crippen molar-refractivity contribution < 1.29 is 18.0 Å². The van der Waals surface area contributed by atoms with Gasteiger partial charge in [-0.3, -0.25) is 9.89 Å². The molecule has 6 nitrogen and oxygen atoms in total. The van der Waals surface area contributed by atoms with Crippen LogP contribution in [0.1, 0.15) is 34.6 Å². The number of hydrogen-bond donors (Lipinski definition) is 2. The van der Waals surface area contributed by atoms with Crippen molar-refractivity contribution in [1.82, 2.24) is 20.5 Å². The fourth-order valence-corrected chi connectivity index (χ4v) is 3.83. The molecule has 0 aliphatic rings. The highest BCUT2D eigenvalue weighted by atomic mass is 32.2. The Balaban J connectivity index is 1.61. The smallest absolute Gasteiger partial charge is 0.287 e. The Morgan fingerprint density at radius 1 is 1.28 bits per heavy atom. The van der Waals surface area contributed by atoms with Crippen LogP contribution in [0.5, 0.6) is 0 Å². The number of furan rings is 1. The minimum atomic E-state index is -0.719. The molecule has 29 heavy (non-hydrogen) atoms. The van der Waals surface area contributed by atoms with E-state index >= 15 is 0 Å². The van der Waals surface area contributed by atoms with Gasteiger partial charge in [-0.15, -0.1) is 0 Å². The number of fused-ring (bicyclic) bond motifs is 1. The van der Waals surface area contributed by atoms with Crippen molar-refractivity contribution in [3.05, 3.63) is 77.3 Å². The first-order valence-corrected chi connectivity index (χ1v) is 9.76. The summed E-state index contributed by atoms with van der Waals surface area (Å²) in [4.78, 5) is 17.0.